The summed E-state index contributed by atoms with van der Waals surface area (Å²) in [6, 6.07) is 0.248. The Kier molecular flexibility index (Phi) is 8.55. The van der Waals surface area contributed by atoms with Crippen LogP contribution in [-0.2, 0) is 4.79 Å². The fourth-order valence-electron chi connectivity index (χ4n) is 3.69. The van der Waals surface area contributed by atoms with Crippen LogP contribution in [-0.4, -0.2) is 18.5 Å². The van der Waals surface area contributed by atoms with Gasteiger partial charge in [0.1, 0.15) is 0 Å². The summed E-state index contributed by atoms with van der Waals surface area (Å²) < 4.78 is 0. The van der Waals surface area contributed by atoms with Crippen molar-refractivity contribution < 1.29 is 4.79 Å². The largest absolute Gasteiger partial charge is 0.356 e. The van der Waals surface area contributed by atoms with E-state index in [0.29, 0.717) is 12.3 Å². The Hall–Kier alpha value is -0.280. The normalized spacial score (nSPS) is 27.6. The van der Waals surface area contributed by atoms with E-state index in [1.165, 1.54) is 51.4 Å². The molecule has 0 aromatic rings. The highest BCUT2D eigenvalue weighted by Crippen LogP contribution is 2.26. The molecule has 2 aliphatic carbocycles. The first-order chi connectivity index (χ1) is 9.25. The van der Waals surface area contributed by atoms with Gasteiger partial charge in [-0.25, -0.2) is 0 Å². The molecule has 0 radical (unpaired) electrons. The molecule has 3 nitrogen and oxygen atoms in total. The molecule has 4 heteroatoms. The molecular formula is C16H31ClN2O. The maximum Gasteiger partial charge on any atom is 0.220 e. The molecule has 2 aliphatic rings. The van der Waals surface area contributed by atoms with Crippen molar-refractivity contribution in [2.45, 2.75) is 76.7 Å². The first-order valence-corrected chi connectivity index (χ1v) is 8.28. The number of rotatable bonds is 5. The summed E-state index contributed by atoms with van der Waals surface area (Å²) in [5.41, 5.74) is 6.09. The van der Waals surface area contributed by atoms with E-state index in [2.05, 4.69) is 5.32 Å². The Morgan fingerprint density at radius 3 is 2.35 bits per heavy atom. The highest BCUT2D eigenvalue weighted by atomic mass is 35.5. The maximum atomic E-state index is 11.9. The van der Waals surface area contributed by atoms with Gasteiger partial charge in [0, 0.05) is 19.0 Å². The molecule has 0 aromatic carbocycles. The zero-order chi connectivity index (χ0) is 13.5. The van der Waals surface area contributed by atoms with Gasteiger partial charge in [-0.3, -0.25) is 4.79 Å². The first kappa shape index (κ1) is 17.8. The highest BCUT2D eigenvalue weighted by Gasteiger charge is 2.24. The topological polar surface area (TPSA) is 55.1 Å². The molecule has 0 bridgehead atoms. The Labute approximate surface area is 129 Å². The van der Waals surface area contributed by atoms with Crippen LogP contribution in [0, 0.1) is 11.8 Å². The lowest BCUT2D eigenvalue weighted by molar-refractivity contribution is -0.122. The van der Waals surface area contributed by atoms with Crippen LogP contribution < -0.4 is 11.1 Å². The molecule has 2 fully saturated rings. The standard InChI is InChI=1S/C16H30N2O.ClH/c17-15-9-5-4-8-14(15)12-16(19)18-11-10-13-6-2-1-3-7-13;/h13-15H,1-12,17H2,(H,18,19);1H. The minimum absolute atomic E-state index is 0. The van der Waals surface area contributed by atoms with Gasteiger partial charge in [0.15, 0.2) is 0 Å². The molecule has 1 amide bonds. The van der Waals surface area contributed by atoms with Crippen molar-refractivity contribution in [2.75, 3.05) is 6.54 Å². The molecule has 3 N–H and O–H groups in total. The van der Waals surface area contributed by atoms with E-state index in [9.17, 15) is 4.79 Å². The molecular weight excluding hydrogens is 272 g/mol. The minimum Gasteiger partial charge on any atom is -0.356 e. The second-order valence-electron chi connectivity index (χ2n) is 6.56. The average Bonchev–Trinajstić information content (AvgIpc) is 2.43. The van der Waals surface area contributed by atoms with Crippen molar-refractivity contribution in [1.82, 2.24) is 5.32 Å². The van der Waals surface area contributed by atoms with Gasteiger partial charge in [-0.15, -0.1) is 12.4 Å². The molecule has 2 atom stereocenters. The van der Waals surface area contributed by atoms with Gasteiger partial charge in [-0.05, 0) is 31.1 Å². The van der Waals surface area contributed by atoms with Crippen LogP contribution in [0.1, 0.15) is 70.6 Å². The van der Waals surface area contributed by atoms with Gasteiger partial charge >= 0.3 is 0 Å². The summed E-state index contributed by atoms with van der Waals surface area (Å²) in [5.74, 6) is 1.49. The van der Waals surface area contributed by atoms with E-state index in [0.717, 1.165) is 25.3 Å². The third-order valence-corrected chi connectivity index (χ3v) is 5.01. The van der Waals surface area contributed by atoms with Crippen molar-refractivity contribution in [2.24, 2.45) is 17.6 Å². The lowest BCUT2D eigenvalue weighted by Gasteiger charge is -2.28. The van der Waals surface area contributed by atoms with Crippen molar-refractivity contribution in [1.29, 1.82) is 0 Å². The van der Waals surface area contributed by atoms with Gasteiger partial charge in [-0.2, -0.15) is 0 Å². The van der Waals surface area contributed by atoms with Crippen molar-refractivity contribution >= 4 is 18.3 Å². The van der Waals surface area contributed by atoms with Crippen LogP contribution in [0.2, 0.25) is 0 Å². The van der Waals surface area contributed by atoms with Gasteiger partial charge < -0.3 is 11.1 Å². The fourth-order valence-corrected chi connectivity index (χ4v) is 3.69. The molecule has 20 heavy (non-hydrogen) atoms. The van der Waals surface area contributed by atoms with E-state index >= 15 is 0 Å². The second-order valence-corrected chi connectivity index (χ2v) is 6.56. The number of nitrogens with one attached hydrogen (secondary N) is 1. The van der Waals surface area contributed by atoms with Crippen LogP contribution in [0.25, 0.3) is 0 Å². The monoisotopic (exact) mass is 302 g/mol. The molecule has 0 aliphatic heterocycles. The van der Waals surface area contributed by atoms with E-state index < -0.39 is 0 Å². The summed E-state index contributed by atoms with van der Waals surface area (Å²) >= 11 is 0. The summed E-state index contributed by atoms with van der Waals surface area (Å²) in [4.78, 5) is 11.9. The Bertz CT molecular complexity index is 280. The Morgan fingerprint density at radius 1 is 1.00 bits per heavy atom. The van der Waals surface area contributed by atoms with Crippen LogP contribution in [0.3, 0.4) is 0 Å². The third-order valence-electron chi connectivity index (χ3n) is 5.01. The Morgan fingerprint density at radius 2 is 1.65 bits per heavy atom. The third kappa shape index (κ3) is 6.01. The summed E-state index contributed by atoms with van der Waals surface area (Å²) in [7, 11) is 0. The number of amides is 1. The molecule has 118 valence electrons. The molecule has 2 saturated carbocycles. The van der Waals surface area contributed by atoms with Crippen LogP contribution >= 0.6 is 12.4 Å². The zero-order valence-corrected chi connectivity index (χ0v) is 13.4. The predicted molar refractivity (Wildman–Crippen MR) is 86.0 cm³/mol. The number of hydrogen-bond acceptors (Lipinski definition) is 2. The quantitative estimate of drug-likeness (QED) is 0.818. The van der Waals surface area contributed by atoms with E-state index in [4.69, 9.17) is 5.73 Å². The lowest BCUT2D eigenvalue weighted by Crippen LogP contribution is -2.37. The van der Waals surface area contributed by atoms with Gasteiger partial charge in [0.25, 0.3) is 0 Å². The van der Waals surface area contributed by atoms with E-state index in [-0.39, 0.29) is 24.4 Å². The van der Waals surface area contributed by atoms with Crippen molar-refractivity contribution in [3.05, 3.63) is 0 Å². The molecule has 0 spiro atoms. The summed E-state index contributed by atoms with van der Waals surface area (Å²) in [6.07, 6.45) is 13.4. The number of carbonyl (C=O) groups excluding carboxylic acids is 1. The predicted octanol–water partition coefficient (Wildman–Crippen LogP) is 3.40. The molecule has 0 saturated heterocycles. The SMILES string of the molecule is Cl.NC1CCCCC1CC(=O)NCCC1CCCCC1. The maximum absolute atomic E-state index is 11.9. The summed E-state index contributed by atoms with van der Waals surface area (Å²) in [6.45, 7) is 0.867. The van der Waals surface area contributed by atoms with E-state index in [1.54, 1.807) is 0 Å². The summed E-state index contributed by atoms with van der Waals surface area (Å²) in [5, 5.41) is 3.10. The molecule has 2 rings (SSSR count). The first-order valence-electron chi connectivity index (χ1n) is 8.28. The lowest BCUT2D eigenvalue weighted by atomic mass is 9.83. The number of halogens is 1. The van der Waals surface area contributed by atoms with Crippen LogP contribution in [0.15, 0.2) is 0 Å². The van der Waals surface area contributed by atoms with Gasteiger partial charge in [0.2, 0.25) is 5.91 Å². The van der Waals surface area contributed by atoms with Crippen molar-refractivity contribution in [3.8, 4) is 0 Å². The highest BCUT2D eigenvalue weighted by molar-refractivity contribution is 5.85. The zero-order valence-electron chi connectivity index (χ0n) is 12.6. The van der Waals surface area contributed by atoms with Gasteiger partial charge in [-0.1, -0.05) is 44.9 Å². The molecule has 0 heterocycles. The average molecular weight is 303 g/mol. The molecule has 0 aromatic heterocycles. The van der Waals surface area contributed by atoms with Crippen molar-refractivity contribution in [3.63, 3.8) is 0 Å². The van der Waals surface area contributed by atoms with Crippen LogP contribution in [0.5, 0.6) is 0 Å². The minimum atomic E-state index is 0. The molecule has 2 unspecified atom stereocenters. The number of nitrogens with two attached hydrogens (primary N) is 1. The fraction of sp³-hybridized carbons (Fsp3) is 0.938. The van der Waals surface area contributed by atoms with Gasteiger partial charge in [0.05, 0.1) is 0 Å². The number of hydrogen-bond donors (Lipinski definition) is 2. The smallest absolute Gasteiger partial charge is 0.220 e. The number of carbonyl (C=O) groups is 1. The second kappa shape index (κ2) is 9.62. The van der Waals surface area contributed by atoms with E-state index in [1.807, 2.05) is 0 Å². The Balaban J connectivity index is 0.00000200. The van der Waals surface area contributed by atoms with Crippen LogP contribution in [0.4, 0.5) is 0 Å².